The predicted octanol–water partition coefficient (Wildman–Crippen LogP) is 0.778. The highest BCUT2D eigenvalue weighted by molar-refractivity contribution is 8.15. The lowest BCUT2D eigenvalue weighted by atomic mass is 10.1. The number of hydrogen-bond acceptors (Lipinski definition) is 9. The van der Waals surface area contributed by atoms with Gasteiger partial charge in [0.25, 0.3) is 5.69 Å². The molecule has 1 saturated heterocycles. The quantitative estimate of drug-likeness (QED) is 0.317. The Bertz CT molecular complexity index is 837. The van der Waals surface area contributed by atoms with Gasteiger partial charge in [0.2, 0.25) is 5.91 Å². The predicted molar refractivity (Wildman–Crippen MR) is 91.2 cm³/mol. The normalized spacial score (nSPS) is 18.1. The van der Waals surface area contributed by atoms with Crippen molar-refractivity contribution >= 4 is 46.7 Å². The summed E-state index contributed by atoms with van der Waals surface area (Å²) in [6.07, 6.45) is 0.736. The number of hydrogen-bond donors (Lipinski definition) is 2. The van der Waals surface area contributed by atoms with Gasteiger partial charge in [-0.1, -0.05) is 23.9 Å². The summed E-state index contributed by atoms with van der Waals surface area (Å²) in [5.41, 5.74) is -0.624. The Morgan fingerprint density at radius 2 is 2.23 bits per heavy atom. The Balaban J connectivity index is 2.25. The molecule has 1 fully saturated rings. The van der Waals surface area contributed by atoms with E-state index in [0.29, 0.717) is 0 Å². The minimum absolute atomic E-state index is 0.0857. The van der Waals surface area contributed by atoms with Crippen molar-refractivity contribution in [2.24, 2.45) is 10.2 Å². The van der Waals surface area contributed by atoms with Crippen LogP contribution in [-0.2, 0) is 14.3 Å². The number of ether oxygens (including phenoxy) is 1. The number of amidine groups is 1. The molecular weight excluding hydrogens is 368 g/mol. The first kappa shape index (κ1) is 19.1. The number of carboxylic acids is 1. The van der Waals surface area contributed by atoms with Crippen molar-refractivity contribution in [2.45, 2.75) is 11.7 Å². The number of nitrogens with one attached hydrogen (secondary N) is 1. The largest absolute Gasteiger partial charge is 0.481 e. The lowest BCUT2D eigenvalue weighted by Gasteiger charge is -2.04. The van der Waals surface area contributed by atoms with E-state index in [1.54, 1.807) is 0 Å². The number of nitro benzene ring substituents is 1. The number of nitro groups is 1. The number of aliphatic carboxylic acids is 1. The fraction of sp³-hybridized carbons (Fsp3) is 0.214. The number of benzene rings is 1. The van der Waals surface area contributed by atoms with Crippen LogP contribution in [0.4, 0.5) is 5.69 Å². The molecule has 12 heteroatoms. The molecule has 0 radical (unpaired) electrons. The Kier molecular flexibility index (Phi) is 6.01. The lowest BCUT2D eigenvalue weighted by molar-refractivity contribution is -0.385. The van der Waals surface area contributed by atoms with Gasteiger partial charge in [0.15, 0.2) is 5.17 Å². The number of carbonyl (C=O) groups is 3. The van der Waals surface area contributed by atoms with Crippen molar-refractivity contribution < 1.29 is 29.2 Å². The molecule has 1 aromatic carbocycles. The summed E-state index contributed by atoms with van der Waals surface area (Å²) in [6, 6.07) is 3.93. The average molecular weight is 380 g/mol. The maximum absolute atomic E-state index is 11.8. The van der Waals surface area contributed by atoms with Crippen molar-refractivity contribution in [2.75, 3.05) is 7.11 Å². The molecule has 0 aliphatic carbocycles. The van der Waals surface area contributed by atoms with Gasteiger partial charge in [0.05, 0.1) is 24.7 Å². The van der Waals surface area contributed by atoms with Crippen molar-refractivity contribution in [3.63, 3.8) is 0 Å². The van der Waals surface area contributed by atoms with Crippen LogP contribution in [0, 0.1) is 10.1 Å². The van der Waals surface area contributed by atoms with Gasteiger partial charge in [-0.2, -0.15) is 5.10 Å². The lowest BCUT2D eigenvalue weighted by Crippen LogP contribution is -2.26. The van der Waals surface area contributed by atoms with Crippen molar-refractivity contribution in [3.05, 3.63) is 39.4 Å². The molecule has 1 heterocycles. The number of carboxylic acid groups (broad SMARTS) is 1. The first-order valence-corrected chi connectivity index (χ1v) is 7.87. The molecule has 2 N–H and O–H groups in total. The summed E-state index contributed by atoms with van der Waals surface area (Å²) >= 11 is 0.900. The third-order valence-corrected chi connectivity index (χ3v) is 4.21. The van der Waals surface area contributed by atoms with E-state index >= 15 is 0 Å². The fourth-order valence-electron chi connectivity index (χ4n) is 2.03. The number of nitrogens with zero attached hydrogens (tertiary/aromatic N) is 3. The van der Waals surface area contributed by atoms with Gasteiger partial charge in [0, 0.05) is 11.6 Å². The molecule has 0 spiro atoms. The van der Waals surface area contributed by atoms with E-state index in [2.05, 4.69) is 20.3 Å². The van der Waals surface area contributed by atoms with Gasteiger partial charge in [-0.15, -0.1) is 5.10 Å². The molecule has 1 aliphatic rings. The SMILES string of the molecule is COC(=O)c1c(C=NN=C2NC(=O)C(CC(=O)O)S2)cccc1[N+](=O)[O-]. The van der Waals surface area contributed by atoms with E-state index < -0.39 is 33.7 Å². The van der Waals surface area contributed by atoms with Gasteiger partial charge in [-0.05, 0) is 0 Å². The van der Waals surface area contributed by atoms with Crippen LogP contribution in [0.15, 0.2) is 28.4 Å². The van der Waals surface area contributed by atoms with E-state index in [9.17, 15) is 24.5 Å². The molecule has 0 bridgehead atoms. The van der Waals surface area contributed by atoms with Crippen molar-refractivity contribution in [1.29, 1.82) is 0 Å². The first-order chi connectivity index (χ1) is 12.3. The van der Waals surface area contributed by atoms with Crippen LogP contribution < -0.4 is 5.32 Å². The number of esters is 1. The summed E-state index contributed by atoms with van der Waals surface area (Å²) in [5.74, 6) is -2.53. The molecule has 0 saturated carbocycles. The second-order valence-electron chi connectivity index (χ2n) is 4.83. The Labute approximate surface area is 150 Å². The number of methoxy groups -OCH3 is 1. The summed E-state index contributed by atoms with van der Waals surface area (Å²) < 4.78 is 4.56. The van der Waals surface area contributed by atoms with Gasteiger partial charge in [-0.25, -0.2) is 4.79 Å². The molecule has 1 aromatic rings. The van der Waals surface area contributed by atoms with Crippen molar-refractivity contribution in [1.82, 2.24) is 5.32 Å². The van der Waals surface area contributed by atoms with Crippen LogP contribution in [0.25, 0.3) is 0 Å². The van der Waals surface area contributed by atoms with Gasteiger partial charge < -0.3 is 15.2 Å². The highest BCUT2D eigenvalue weighted by atomic mass is 32.2. The number of rotatable bonds is 6. The fourth-order valence-corrected chi connectivity index (χ4v) is 2.95. The van der Waals surface area contributed by atoms with Gasteiger partial charge in [-0.3, -0.25) is 19.7 Å². The van der Waals surface area contributed by atoms with Gasteiger partial charge >= 0.3 is 11.9 Å². The topological polar surface area (TPSA) is 161 Å². The third kappa shape index (κ3) is 4.42. The summed E-state index contributed by atoms with van der Waals surface area (Å²) in [5, 5.41) is 28.9. The number of thioether (sulfide) groups is 1. The minimum atomic E-state index is -1.12. The summed E-state index contributed by atoms with van der Waals surface area (Å²) in [7, 11) is 1.09. The number of carbonyl (C=O) groups excluding carboxylic acids is 2. The Hall–Kier alpha value is -3.28. The average Bonchev–Trinajstić information content (AvgIpc) is 2.92. The minimum Gasteiger partial charge on any atom is -0.481 e. The van der Waals surface area contributed by atoms with Crippen LogP contribution in [0.3, 0.4) is 0 Å². The van der Waals surface area contributed by atoms with E-state index in [1.165, 1.54) is 12.1 Å². The molecule has 0 aromatic heterocycles. The van der Waals surface area contributed by atoms with E-state index in [-0.39, 0.29) is 22.7 Å². The second kappa shape index (κ2) is 8.20. The molecule has 26 heavy (non-hydrogen) atoms. The van der Waals surface area contributed by atoms with E-state index in [4.69, 9.17) is 5.11 Å². The molecule has 1 aliphatic heterocycles. The highest BCUT2D eigenvalue weighted by Crippen LogP contribution is 2.23. The zero-order valence-corrected chi connectivity index (χ0v) is 14.1. The maximum Gasteiger partial charge on any atom is 0.345 e. The maximum atomic E-state index is 11.8. The Morgan fingerprint density at radius 1 is 1.50 bits per heavy atom. The molecule has 11 nitrogen and oxygen atoms in total. The standard InChI is InChI=1S/C14H12N4O7S/c1-25-13(22)11-7(3-2-4-8(11)18(23)24)6-15-17-14-16-12(21)9(26-14)5-10(19)20/h2-4,6,9H,5H2,1H3,(H,19,20)(H,16,17,21). The zero-order chi connectivity index (χ0) is 19.3. The highest BCUT2D eigenvalue weighted by Gasteiger charge is 2.32. The molecule has 1 amide bonds. The van der Waals surface area contributed by atoms with Gasteiger partial charge in [0.1, 0.15) is 10.8 Å². The van der Waals surface area contributed by atoms with E-state index in [1.807, 2.05) is 0 Å². The number of amides is 1. The van der Waals surface area contributed by atoms with Crippen LogP contribution in [0.5, 0.6) is 0 Å². The smallest absolute Gasteiger partial charge is 0.345 e. The molecule has 1 unspecified atom stereocenters. The van der Waals surface area contributed by atoms with Crippen LogP contribution in [0.2, 0.25) is 0 Å². The summed E-state index contributed by atoms with van der Waals surface area (Å²) in [6.45, 7) is 0. The van der Waals surface area contributed by atoms with Crippen LogP contribution >= 0.6 is 11.8 Å². The molecular formula is C14H12N4O7S. The summed E-state index contributed by atoms with van der Waals surface area (Å²) in [4.78, 5) is 44.4. The molecule has 1 atom stereocenters. The van der Waals surface area contributed by atoms with Crippen LogP contribution in [-0.4, -0.2) is 51.6 Å². The first-order valence-electron chi connectivity index (χ1n) is 6.99. The van der Waals surface area contributed by atoms with Crippen molar-refractivity contribution in [3.8, 4) is 0 Å². The molecule has 136 valence electrons. The zero-order valence-electron chi connectivity index (χ0n) is 13.2. The second-order valence-corrected chi connectivity index (χ2v) is 6.02. The van der Waals surface area contributed by atoms with E-state index in [0.717, 1.165) is 31.2 Å². The molecule has 2 rings (SSSR count). The Morgan fingerprint density at radius 3 is 2.85 bits per heavy atom. The third-order valence-electron chi connectivity index (χ3n) is 3.14. The monoisotopic (exact) mass is 380 g/mol. The van der Waals surface area contributed by atoms with Crippen LogP contribution in [0.1, 0.15) is 22.3 Å².